The molecule has 1 amide bonds. The molecule has 2 N–H and O–H groups in total. The van der Waals surface area contributed by atoms with Crippen LogP contribution in [-0.2, 0) is 16.5 Å². The Hall–Kier alpha value is -2.70. The number of carbonyl (C=O) groups is 1. The van der Waals surface area contributed by atoms with Gasteiger partial charge in [-0.05, 0) is 60.7 Å². The SMILES string of the molecule is CCOc1ccc(NC(=O)c2cc3ccccc3c(N=Nc3cc(Cl)c(S(=O)(=O)O)c(CC)c3)c2[O-])cc1Cl.[Na+]. The number of halogens is 2. The number of azo groups is 1. The summed E-state index contributed by atoms with van der Waals surface area (Å²) >= 11 is 12.3. The van der Waals surface area contributed by atoms with Gasteiger partial charge in [-0.25, -0.2) is 0 Å². The molecule has 4 aromatic carbocycles. The predicted molar refractivity (Wildman–Crippen MR) is 149 cm³/mol. The Morgan fingerprint density at radius 2 is 1.75 bits per heavy atom. The smallest absolute Gasteiger partial charge is 0.870 e. The second-order valence-corrected chi connectivity index (χ2v) is 10.5. The van der Waals surface area contributed by atoms with Gasteiger partial charge in [0.25, 0.3) is 16.0 Å². The minimum atomic E-state index is -4.56. The minimum Gasteiger partial charge on any atom is -0.870 e. The van der Waals surface area contributed by atoms with Crippen LogP contribution in [0.1, 0.15) is 29.8 Å². The first kappa shape index (κ1) is 31.8. The van der Waals surface area contributed by atoms with Crippen molar-refractivity contribution in [2.24, 2.45) is 10.2 Å². The number of benzene rings is 4. The van der Waals surface area contributed by atoms with Crippen LogP contribution in [0.3, 0.4) is 0 Å². The molecule has 0 unspecified atom stereocenters. The van der Waals surface area contributed by atoms with Gasteiger partial charge in [0, 0.05) is 16.6 Å². The van der Waals surface area contributed by atoms with E-state index in [1.807, 2.05) is 6.92 Å². The molecule has 13 heteroatoms. The number of anilines is 1. The van der Waals surface area contributed by atoms with Crippen LogP contribution in [0.2, 0.25) is 10.0 Å². The topological polar surface area (TPSA) is 140 Å². The molecule has 40 heavy (non-hydrogen) atoms. The Morgan fingerprint density at radius 3 is 2.40 bits per heavy atom. The summed E-state index contributed by atoms with van der Waals surface area (Å²) in [5, 5.41) is 25.4. The van der Waals surface area contributed by atoms with Gasteiger partial charge >= 0.3 is 29.6 Å². The quantitative estimate of drug-likeness (QED) is 0.175. The van der Waals surface area contributed by atoms with E-state index in [0.29, 0.717) is 33.8 Å². The number of nitrogens with one attached hydrogen (secondary N) is 1. The van der Waals surface area contributed by atoms with Crippen molar-refractivity contribution in [2.45, 2.75) is 25.2 Å². The number of hydrogen-bond donors (Lipinski definition) is 2. The van der Waals surface area contributed by atoms with Crippen molar-refractivity contribution in [1.82, 2.24) is 0 Å². The number of nitrogens with zero attached hydrogens (tertiary/aromatic N) is 2. The molecule has 0 saturated heterocycles. The summed E-state index contributed by atoms with van der Waals surface area (Å²) in [7, 11) is -4.56. The summed E-state index contributed by atoms with van der Waals surface area (Å²) in [6.07, 6.45) is 0.235. The third kappa shape index (κ3) is 6.95. The van der Waals surface area contributed by atoms with E-state index >= 15 is 0 Å². The van der Waals surface area contributed by atoms with Gasteiger partial charge in [0.2, 0.25) is 0 Å². The van der Waals surface area contributed by atoms with Crippen LogP contribution in [-0.4, -0.2) is 25.5 Å². The van der Waals surface area contributed by atoms with E-state index in [4.69, 9.17) is 27.9 Å². The van der Waals surface area contributed by atoms with E-state index in [-0.39, 0.29) is 63.5 Å². The molecule has 0 fully saturated rings. The van der Waals surface area contributed by atoms with Crippen LogP contribution < -0.4 is 44.7 Å². The normalized spacial score (nSPS) is 11.4. The van der Waals surface area contributed by atoms with Gasteiger partial charge in [-0.2, -0.15) is 18.6 Å². The van der Waals surface area contributed by atoms with Crippen LogP contribution in [0.15, 0.2) is 75.8 Å². The number of amides is 1. The van der Waals surface area contributed by atoms with E-state index in [1.165, 1.54) is 24.3 Å². The zero-order valence-electron chi connectivity index (χ0n) is 21.7. The van der Waals surface area contributed by atoms with Gasteiger partial charge in [-0.15, -0.1) is 0 Å². The molecule has 202 valence electrons. The van der Waals surface area contributed by atoms with Gasteiger partial charge < -0.3 is 15.2 Å². The Labute approximate surface area is 263 Å². The van der Waals surface area contributed by atoms with Crippen molar-refractivity contribution < 1.29 is 57.2 Å². The van der Waals surface area contributed by atoms with Gasteiger partial charge in [-0.1, -0.05) is 60.1 Å². The maximum Gasteiger partial charge on any atom is 1.00 e. The van der Waals surface area contributed by atoms with E-state index in [9.17, 15) is 22.9 Å². The molecule has 0 spiro atoms. The summed E-state index contributed by atoms with van der Waals surface area (Å²) in [5.74, 6) is -0.870. The molecule has 0 atom stereocenters. The Morgan fingerprint density at radius 1 is 1.02 bits per heavy atom. The Bertz CT molecular complexity index is 1730. The molecule has 9 nitrogen and oxygen atoms in total. The summed E-state index contributed by atoms with van der Waals surface area (Å²) in [6, 6.07) is 15.7. The second kappa shape index (κ2) is 13.3. The first-order valence-corrected chi connectivity index (χ1v) is 13.9. The van der Waals surface area contributed by atoms with E-state index in [2.05, 4.69) is 15.5 Å². The monoisotopic (exact) mass is 609 g/mol. The zero-order chi connectivity index (χ0) is 28.3. The van der Waals surface area contributed by atoms with E-state index in [0.717, 1.165) is 0 Å². The van der Waals surface area contributed by atoms with E-state index < -0.39 is 26.7 Å². The summed E-state index contributed by atoms with van der Waals surface area (Å²) < 4.78 is 38.4. The minimum absolute atomic E-state index is 0. The zero-order valence-corrected chi connectivity index (χ0v) is 26.1. The standard InChI is InChI=1S/C27H23Cl2N3O6S.Na/c1-3-15-11-18(14-22(29)26(15)39(35,36)37)31-32-24-19-8-6-5-7-16(19)12-20(25(24)33)27(34)30-17-9-10-23(38-4-2)21(28)13-17;/h5-14,33H,3-4H2,1-2H3,(H,30,34)(H,35,36,37);/q;+1/p-1. The second-order valence-electron chi connectivity index (χ2n) is 8.30. The average molecular weight is 610 g/mol. The number of fused-ring (bicyclic) bond motifs is 1. The van der Waals surface area contributed by atoms with Crippen LogP contribution in [0.5, 0.6) is 11.5 Å². The third-order valence-corrected chi connectivity index (χ3v) is 7.42. The van der Waals surface area contributed by atoms with Crippen molar-refractivity contribution in [1.29, 1.82) is 0 Å². The summed E-state index contributed by atoms with van der Waals surface area (Å²) in [6.45, 7) is 3.93. The van der Waals surface area contributed by atoms with Crippen LogP contribution in [0.25, 0.3) is 10.8 Å². The molecular weight excluding hydrogens is 588 g/mol. The number of rotatable bonds is 8. The Kier molecular flexibility index (Phi) is 10.6. The number of hydrogen-bond acceptors (Lipinski definition) is 7. The van der Waals surface area contributed by atoms with Gasteiger partial charge in [-0.3, -0.25) is 9.35 Å². The van der Waals surface area contributed by atoms with Crippen molar-refractivity contribution in [3.05, 3.63) is 81.8 Å². The van der Waals surface area contributed by atoms with Crippen molar-refractivity contribution >= 4 is 67.1 Å². The van der Waals surface area contributed by atoms with E-state index in [1.54, 1.807) is 43.3 Å². The summed E-state index contributed by atoms with van der Waals surface area (Å²) in [4.78, 5) is 12.7. The fraction of sp³-hybridized carbons (Fsp3) is 0.148. The van der Waals surface area contributed by atoms with Crippen molar-refractivity contribution in [2.75, 3.05) is 11.9 Å². The van der Waals surface area contributed by atoms with Crippen LogP contribution in [0.4, 0.5) is 17.1 Å². The molecule has 0 saturated carbocycles. The molecule has 0 radical (unpaired) electrons. The largest absolute Gasteiger partial charge is 1.00 e. The number of carbonyl (C=O) groups excluding carboxylic acids is 1. The first-order chi connectivity index (χ1) is 18.5. The molecule has 4 aromatic rings. The third-order valence-electron chi connectivity index (χ3n) is 5.72. The van der Waals surface area contributed by atoms with Gasteiger partial charge in [0.05, 0.1) is 28.0 Å². The maximum absolute atomic E-state index is 13.4. The number of aryl methyl sites for hydroxylation is 1. The fourth-order valence-electron chi connectivity index (χ4n) is 3.98. The molecular formula is C27H22Cl2N3NaO6S. The molecule has 0 bridgehead atoms. The predicted octanol–water partition coefficient (Wildman–Crippen LogP) is 4.10. The Balaban J connectivity index is 0.00000441. The molecule has 0 aromatic heterocycles. The van der Waals surface area contributed by atoms with Crippen LogP contribution >= 0.6 is 23.2 Å². The molecule has 0 aliphatic rings. The van der Waals surface area contributed by atoms with Crippen molar-refractivity contribution in [3.8, 4) is 11.5 Å². The van der Waals surface area contributed by atoms with Gasteiger partial charge in [0.1, 0.15) is 10.6 Å². The first-order valence-electron chi connectivity index (χ1n) is 11.7. The number of ether oxygens (including phenoxy) is 1. The molecule has 0 aliphatic carbocycles. The maximum atomic E-state index is 13.4. The van der Waals surface area contributed by atoms with Crippen molar-refractivity contribution in [3.63, 3.8) is 0 Å². The molecule has 0 aliphatic heterocycles. The molecule has 4 rings (SSSR count). The summed E-state index contributed by atoms with van der Waals surface area (Å²) in [5.41, 5.74) is 0.502. The fourth-order valence-corrected chi connectivity index (χ4v) is 5.58. The molecule has 0 heterocycles. The van der Waals surface area contributed by atoms with Gasteiger partial charge in [0.15, 0.2) is 0 Å². The van der Waals surface area contributed by atoms with Crippen LogP contribution in [0, 0.1) is 0 Å². The average Bonchev–Trinajstić information content (AvgIpc) is 2.88.